The van der Waals surface area contributed by atoms with Gasteiger partial charge in [0, 0.05) is 6.04 Å². The fourth-order valence-electron chi connectivity index (χ4n) is 1.94. The molecule has 0 aromatic rings. The molecule has 0 heterocycles. The number of carboxylic acid groups (broad SMARTS) is 1. The Morgan fingerprint density at radius 3 is 2.19 bits per heavy atom. The molecule has 0 aromatic carbocycles. The minimum absolute atomic E-state index is 0.259. The van der Waals surface area contributed by atoms with Crippen LogP contribution in [0.15, 0.2) is 0 Å². The van der Waals surface area contributed by atoms with Crippen molar-refractivity contribution in [1.82, 2.24) is 9.44 Å². The van der Waals surface area contributed by atoms with Crippen LogP contribution < -0.4 is 9.44 Å². The zero-order valence-corrected chi connectivity index (χ0v) is 10.3. The fourth-order valence-corrected chi connectivity index (χ4v) is 3.42. The lowest BCUT2D eigenvalue weighted by Crippen LogP contribution is -2.56. The average Bonchev–Trinajstić information content (AvgIpc) is 2.50. The van der Waals surface area contributed by atoms with E-state index in [0.29, 0.717) is 12.8 Å². The van der Waals surface area contributed by atoms with Crippen LogP contribution in [0.5, 0.6) is 0 Å². The number of hydrogen-bond acceptors (Lipinski definition) is 3. The van der Waals surface area contributed by atoms with Crippen molar-refractivity contribution in [3.63, 3.8) is 0 Å². The van der Waals surface area contributed by atoms with E-state index in [1.807, 2.05) is 0 Å². The molecule has 1 saturated carbocycles. The third kappa shape index (κ3) is 3.16. The number of nitrogens with one attached hydrogen (secondary N) is 2. The zero-order chi connectivity index (χ0) is 12.4. The summed E-state index contributed by atoms with van der Waals surface area (Å²) < 4.78 is 27.8. The first-order chi connectivity index (χ1) is 7.27. The summed E-state index contributed by atoms with van der Waals surface area (Å²) >= 11 is 0. The second-order valence-corrected chi connectivity index (χ2v) is 5.92. The number of carbonyl (C=O) groups is 1. The van der Waals surface area contributed by atoms with Gasteiger partial charge < -0.3 is 5.11 Å². The van der Waals surface area contributed by atoms with Gasteiger partial charge in [0.05, 0.1) is 0 Å². The molecule has 1 aliphatic rings. The smallest absolute Gasteiger partial charge is 0.324 e. The van der Waals surface area contributed by atoms with Crippen molar-refractivity contribution in [3.8, 4) is 0 Å². The number of carboxylic acids is 1. The zero-order valence-electron chi connectivity index (χ0n) is 9.49. The summed E-state index contributed by atoms with van der Waals surface area (Å²) in [5.74, 6) is -1.10. The average molecular weight is 250 g/mol. The van der Waals surface area contributed by atoms with Gasteiger partial charge in [-0.3, -0.25) is 4.79 Å². The lowest BCUT2D eigenvalue weighted by molar-refractivity contribution is -0.143. The third-order valence-corrected chi connectivity index (χ3v) is 4.03. The normalized spacial score (nSPS) is 20.2. The highest BCUT2D eigenvalue weighted by Crippen LogP contribution is 2.30. The molecule has 0 aromatic heterocycles. The molecule has 1 aliphatic carbocycles. The van der Waals surface area contributed by atoms with Gasteiger partial charge in [-0.1, -0.05) is 12.8 Å². The molecule has 94 valence electrons. The molecule has 0 spiro atoms. The van der Waals surface area contributed by atoms with E-state index in [2.05, 4.69) is 9.44 Å². The van der Waals surface area contributed by atoms with E-state index in [0.717, 1.165) is 12.8 Å². The van der Waals surface area contributed by atoms with Crippen molar-refractivity contribution in [2.45, 2.75) is 51.1 Å². The lowest BCUT2D eigenvalue weighted by atomic mass is 10.0. The molecule has 0 atom stereocenters. The lowest BCUT2D eigenvalue weighted by Gasteiger charge is -2.25. The minimum Gasteiger partial charge on any atom is -0.480 e. The molecule has 0 bridgehead atoms. The Morgan fingerprint density at radius 2 is 1.81 bits per heavy atom. The van der Waals surface area contributed by atoms with Gasteiger partial charge in [0.1, 0.15) is 5.54 Å². The van der Waals surface area contributed by atoms with E-state index in [-0.39, 0.29) is 6.04 Å². The largest absolute Gasteiger partial charge is 0.480 e. The van der Waals surface area contributed by atoms with E-state index < -0.39 is 21.7 Å². The van der Waals surface area contributed by atoms with Gasteiger partial charge in [0.15, 0.2) is 0 Å². The molecule has 6 nitrogen and oxygen atoms in total. The van der Waals surface area contributed by atoms with Gasteiger partial charge in [-0.2, -0.15) is 17.9 Å². The quantitative estimate of drug-likeness (QED) is 0.650. The first kappa shape index (κ1) is 13.4. The molecule has 16 heavy (non-hydrogen) atoms. The topological polar surface area (TPSA) is 95.5 Å². The van der Waals surface area contributed by atoms with Gasteiger partial charge >= 0.3 is 5.97 Å². The molecule has 0 saturated heterocycles. The van der Waals surface area contributed by atoms with Crippen molar-refractivity contribution in [1.29, 1.82) is 0 Å². The third-order valence-electron chi connectivity index (χ3n) is 2.59. The molecule has 7 heteroatoms. The van der Waals surface area contributed by atoms with Gasteiger partial charge in [0.2, 0.25) is 0 Å². The van der Waals surface area contributed by atoms with Crippen LogP contribution in [0.3, 0.4) is 0 Å². The highest BCUT2D eigenvalue weighted by molar-refractivity contribution is 7.87. The van der Waals surface area contributed by atoms with Crippen LogP contribution in [0.4, 0.5) is 0 Å². The summed E-state index contributed by atoms with van der Waals surface area (Å²) in [7, 11) is -3.75. The molecule has 0 aliphatic heterocycles. The Hall–Kier alpha value is -0.660. The van der Waals surface area contributed by atoms with E-state index in [9.17, 15) is 13.2 Å². The maximum absolute atomic E-state index is 11.6. The highest BCUT2D eigenvalue weighted by atomic mass is 32.2. The standard InChI is InChI=1S/C9H18N2O4S/c1-7(2)10-16(14,15)11-9(8(12)13)5-3-4-6-9/h7,10-11H,3-6H2,1-2H3,(H,12,13). The number of rotatable bonds is 5. The first-order valence-electron chi connectivity index (χ1n) is 5.32. The second kappa shape index (κ2) is 4.68. The molecular weight excluding hydrogens is 232 g/mol. The van der Waals surface area contributed by atoms with Gasteiger partial charge in [-0.15, -0.1) is 0 Å². The summed E-state index contributed by atoms with van der Waals surface area (Å²) in [5.41, 5.74) is -1.32. The van der Waals surface area contributed by atoms with Crippen molar-refractivity contribution in [2.75, 3.05) is 0 Å². The van der Waals surface area contributed by atoms with Gasteiger partial charge in [-0.05, 0) is 26.7 Å². The highest BCUT2D eigenvalue weighted by Gasteiger charge is 2.44. The summed E-state index contributed by atoms with van der Waals surface area (Å²) in [6, 6.07) is -0.259. The molecule has 3 N–H and O–H groups in total. The summed E-state index contributed by atoms with van der Waals surface area (Å²) in [6.07, 6.45) is 2.16. The molecular formula is C9H18N2O4S. The van der Waals surface area contributed by atoms with Crippen molar-refractivity contribution in [2.24, 2.45) is 0 Å². The van der Waals surface area contributed by atoms with Crippen molar-refractivity contribution >= 4 is 16.2 Å². The van der Waals surface area contributed by atoms with Crippen LogP contribution in [-0.2, 0) is 15.0 Å². The van der Waals surface area contributed by atoms with E-state index in [1.54, 1.807) is 13.8 Å². The van der Waals surface area contributed by atoms with Crippen molar-refractivity contribution < 1.29 is 18.3 Å². The minimum atomic E-state index is -3.75. The van der Waals surface area contributed by atoms with E-state index in [1.165, 1.54) is 0 Å². The summed E-state index contributed by atoms with van der Waals surface area (Å²) in [6.45, 7) is 3.36. The molecule has 1 rings (SSSR count). The Bertz CT molecular complexity index is 358. The number of aliphatic carboxylic acids is 1. The second-order valence-electron chi connectivity index (χ2n) is 4.47. The molecule has 1 fully saturated rings. The Balaban J connectivity index is 2.81. The molecule has 0 radical (unpaired) electrons. The SMILES string of the molecule is CC(C)NS(=O)(=O)NC1(C(=O)O)CCCC1. The maximum atomic E-state index is 11.6. The van der Waals surface area contributed by atoms with Crippen LogP contribution in [0.1, 0.15) is 39.5 Å². The Kier molecular flexibility index (Phi) is 3.92. The van der Waals surface area contributed by atoms with Crippen LogP contribution in [0.25, 0.3) is 0 Å². The Labute approximate surface area is 95.6 Å². The Morgan fingerprint density at radius 1 is 1.31 bits per heavy atom. The van der Waals surface area contributed by atoms with E-state index in [4.69, 9.17) is 5.11 Å². The summed E-state index contributed by atoms with van der Waals surface area (Å²) in [4.78, 5) is 11.1. The van der Waals surface area contributed by atoms with Crippen LogP contribution in [0, 0.1) is 0 Å². The fraction of sp³-hybridized carbons (Fsp3) is 0.889. The van der Waals surface area contributed by atoms with Crippen molar-refractivity contribution in [3.05, 3.63) is 0 Å². The van der Waals surface area contributed by atoms with Gasteiger partial charge in [0.25, 0.3) is 10.2 Å². The van der Waals surface area contributed by atoms with Crippen LogP contribution in [-0.4, -0.2) is 31.1 Å². The van der Waals surface area contributed by atoms with Crippen LogP contribution >= 0.6 is 0 Å². The predicted octanol–water partition coefficient (Wildman–Crippen LogP) is 0.216. The van der Waals surface area contributed by atoms with E-state index >= 15 is 0 Å². The first-order valence-corrected chi connectivity index (χ1v) is 6.80. The monoisotopic (exact) mass is 250 g/mol. The summed E-state index contributed by atoms with van der Waals surface area (Å²) in [5, 5.41) is 9.11. The predicted molar refractivity (Wildman–Crippen MR) is 59.2 cm³/mol. The molecule has 0 amide bonds. The number of hydrogen-bond donors (Lipinski definition) is 3. The maximum Gasteiger partial charge on any atom is 0.324 e. The van der Waals surface area contributed by atoms with Gasteiger partial charge in [-0.25, -0.2) is 0 Å². The molecule has 0 unspecified atom stereocenters. The van der Waals surface area contributed by atoms with Crippen LogP contribution in [0.2, 0.25) is 0 Å².